The zero-order chi connectivity index (χ0) is 31.0. The molecule has 0 heterocycles. The number of sulfonamides is 1. The van der Waals surface area contributed by atoms with Crippen molar-refractivity contribution in [3.63, 3.8) is 0 Å². The van der Waals surface area contributed by atoms with E-state index in [1.165, 1.54) is 30.6 Å². The molecule has 9 heteroatoms. The number of anilines is 1. The third-order valence-electron chi connectivity index (χ3n) is 8.06. The highest BCUT2D eigenvalue weighted by molar-refractivity contribution is 7.92. The van der Waals surface area contributed by atoms with E-state index in [0.29, 0.717) is 17.9 Å². The highest BCUT2D eigenvalue weighted by Crippen LogP contribution is 2.27. The Balaban J connectivity index is 1.69. The molecule has 230 valence electrons. The van der Waals surface area contributed by atoms with Gasteiger partial charge in [-0.05, 0) is 75.1 Å². The minimum absolute atomic E-state index is 0.0360. The maximum Gasteiger partial charge on any atom is 0.264 e. The normalized spacial score (nSPS) is 14.5. The first-order chi connectivity index (χ1) is 20.6. The van der Waals surface area contributed by atoms with Gasteiger partial charge in [0.05, 0.1) is 17.7 Å². The summed E-state index contributed by atoms with van der Waals surface area (Å²) in [5, 5.41) is 3.18. The first-order valence-corrected chi connectivity index (χ1v) is 16.4. The van der Waals surface area contributed by atoms with Crippen LogP contribution in [0, 0.1) is 13.8 Å². The lowest BCUT2D eigenvalue weighted by Crippen LogP contribution is -2.54. The number of rotatable bonds is 12. The summed E-state index contributed by atoms with van der Waals surface area (Å²) >= 11 is 0. The minimum Gasteiger partial charge on any atom is -0.497 e. The van der Waals surface area contributed by atoms with Gasteiger partial charge in [-0.1, -0.05) is 73.7 Å². The predicted molar refractivity (Wildman–Crippen MR) is 170 cm³/mol. The van der Waals surface area contributed by atoms with Crippen molar-refractivity contribution in [2.24, 2.45) is 0 Å². The number of carbonyl (C=O) groups excluding carboxylic acids is 2. The maximum absolute atomic E-state index is 14.3. The van der Waals surface area contributed by atoms with E-state index in [1.807, 2.05) is 57.2 Å². The summed E-state index contributed by atoms with van der Waals surface area (Å²) in [7, 11) is -2.63. The SMILES string of the molecule is CC[C@@H](C(=O)NC1CCCCC1)N(Cc1ccc(C)cc1)C(=O)CN(c1ccc(C)cc1)S(=O)(=O)c1ccc(OC)cc1. The van der Waals surface area contributed by atoms with Gasteiger partial charge in [0.25, 0.3) is 10.0 Å². The maximum atomic E-state index is 14.3. The number of methoxy groups -OCH3 is 1. The summed E-state index contributed by atoms with van der Waals surface area (Å²) < 4.78 is 34.4. The van der Waals surface area contributed by atoms with E-state index >= 15 is 0 Å². The Hall–Kier alpha value is -3.85. The number of hydrogen-bond donors (Lipinski definition) is 1. The number of nitrogens with one attached hydrogen (secondary N) is 1. The van der Waals surface area contributed by atoms with Crippen LogP contribution in [0.25, 0.3) is 0 Å². The molecule has 3 aromatic carbocycles. The summed E-state index contributed by atoms with van der Waals surface area (Å²) in [4.78, 5) is 29.5. The van der Waals surface area contributed by atoms with E-state index in [2.05, 4.69) is 5.32 Å². The van der Waals surface area contributed by atoms with Crippen LogP contribution in [-0.4, -0.2) is 50.9 Å². The van der Waals surface area contributed by atoms with E-state index in [-0.39, 0.29) is 23.4 Å². The van der Waals surface area contributed by atoms with Gasteiger partial charge in [0.15, 0.2) is 0 Å². The van der Waals surface area contributed by atoms with Gasteiger partial charge in [-0.15, -0.1) is 0 Å². The molecule has 1 saturated carbocycles. The summed E-state index contributed by atoms with van der Waals surface area (Å²) in [6, 6.07) is 20.3. The van der Waals surface area contributed by atoms with Crippen molar-refractivity contribution in [2.45, 2.75) is 82.8 Å². The lowest BCUT2D eigenvalue weighted by atomic mass is 9.95. The number of benzene rings is 3. The molecular weight excluding hydrogens is 562 g/mol. The Morgan fingerprint density at radius 2 is 1.47 bits per heavy atom. The van der Waals surface area contributed by atoms with Crippen LogP contribution in [0.1, 0.15) is 62.1 Å². The molecule has 0 aromatic heterocycles. The third-order valence-corrected chi connectivity index (χ3v) is 9.85. The van der Waals surface area contributed by atoms with Crippen LogP contribution in [-0.2, 0) is 26.2 Å². The van der Waals surface area contributed by atoms with Crippen LogP contribution in [0.15, 0.2) is 77.7 Å². The van der Waals surface area contributed by atoms with Crippen molar-refractivity contribution < 1.29 is 22.7 Å². The molecule has 1 fully saturated rings. The Bertz CT molecular complexity index is 1470. The van der Waals surface area contributed by atoms with Crippen LogP contribution < -0.4 is 14.4 Å². The molecule has 0 aliphatic heterocycles. The average Bonchev–Trinajstić information content (AvgIpc) is 3.01. The average molecular weight is 606 g/mol. The van der Waals surface area contributed by atoms with Crippen molar-refractivity contribution in [1.82, 2.24) is 10.2 Å². The molecule has 0 spiro atoms. The van der Waals surface area contributed by atoms with Crippen molar-refractivity contribution in [3.05, 3.63) is 89.5 Å². The van der Waals surface area contributed by atoms with Crippen molar-refractivity contribution in [3.8, 4) is 5.75 Å². The number of hydrogen-bond acceptors (Lipinski definition) is 5. The van der Waals surface area contributed by atoms with E-state index in [0.717, 1.165) is 46.7 Å². The Morgan fingerprint density at radius 3 is 2.02 bits per heavy atom. The number of carbonyl (C=O) groups is 2. The summed E-state index contributed by atoms with van der Waals surface area (Å²) in [6.45, 7) is 5.50. The van der Waals surface area contributed by atoms with Crippen LogP contribution in [0.3, 0.4) is 0 Å². The third kappa shape index (κ3) is 8.16. The van der Waals surface area contributed by atoms with Crippen molar-refractivity contribution in [1.29, 1.82) is 0 Å². The second-order valence-electron chi connectivity index (χ2n) is 11.3. The molecule has 3 aromatic rings. The molecule has 0 unspecified atom stereocenters. The lowest BCUT2D eigenvalue weighted by Gasteiger charge is -2.34. The van der Waals surface area contributed by atoms with Gasteiger partial charge < -0.3 is 15.0 Å². The predicted octanol–water partition coefficient (Wildman–Crippen LogP) is 5.76. The summed E-state index contributed by atoms with van der Waals surface area (Å²) in [5.41, 5.74) is 3.27. The quantitative estimate of drug-likeness (QED) is 0.283. The van der Waals surface area contributed by atoms with Gasteiger partial charge in [-0.2, -0.15) is 0 Å². The standard InChI is InChI=1S/C34H43N3O5S/c1-5-32(34(39)35-28-9-7-6-8-10-28)36(23-27-15-11-25(2)12-16-27)33(38)24-37(29-17-13-26(3)14-18-29)43(40,41)31-21-19-30(42-4)20-22-31/h11-22,28,32H,5-10,23-24H2,1-4H3,(H,35,39)/t32-/m0/s1. The van der Waals surface area contributed by atoms with Crippen LogP contribution in [0.5, 0.6) is 5.75 Å². The second-order valence-corrected chi connectivity index (χ2v) is 13.2. The Labute approximate surface area is 256 Å². The highest BCUT2D eigenvalue weighted by Gasteiger charge is 2.34. The molecule has 1 N–H and O–H groups in total. The number of aryl methyl sites for hydroxylation is 2. The second kappa shape index (κ2) is 14.6. The monoisotopic (exact) mass is 605 g/mol. The van der Waals surface area contributed by atoms with Gasteiger partial charge >= 0.3 is 0 Å². The van der Waals surface area contributed by atoms with E-state index in [4.69, 9.17) is 4.74 Å². The topological polar surface area (TPSA) is 96.0 Å². The van der Waals surface area contributed by atoms with Gasteiger partial charge in [0.1, 0.15) is 18.3 Å². The zero-order valence-electron chi connectivity index (χ0n) is 25.6. The fraction of sp³-hybridized carbons (Fsp3) is 0.412. The van der Waals surface area contributed by atoms with Crippen molar-refractivity contribution >= 4 is 27.5 Å². The van der Waals surface area contributed by atoms with Gasteiger partial charge in [0.2, 0.25) is 11.8 Å². The minimum atomic E-state index is -4.14. The van der Waals surface area contributed by atoms with Crippen LogP contribution in [0.4, 0.5) is 5.69 Å². The number of nitrogens with zero attached hydrogens (tertiary/aromatic N) is 2. The molecule has 43 heavy (non-hydrogen) atoms. The van der Waals surface area contributed by atoms with Gasteiger partial charge in [-0.25, -0.2) is 8.42 Å². The summed E-state index contributed by atoms with van der Waals surface area (Å²) in [5.74, 6) is -0.130. The van der Waals surface area contributed by atoms with E-state index < -0.39 is 28.5 Å². The molecule has 0 bridgehead atoms. The highest BCUT2D eigenvalue weighted by atomic mass is 32.2. The smallest absolute Gasteiger partial charge is 0.264 e. The van der Waals surface area contributed by atoms with Gasteiger partial charge in [0, 0.05) is 12.6 Å². The van der Waals surface area contributed by atoms with Crippen LogP contribution in [0.2, 0.25) is 0 Å². The molecule has 1 aliphatic rings. The summed E-state index contributed by atoms with van der Waals surface area (Å²) in [6.07, 6.45) is 5.56. The fourth-order valence-electron chi connectivity index (χ4n) is 5.47. The number of ether oxygens (including phenoxy) is 1. The zero-order valence-corrected chi connectivity index (χ0v) is 26.4. The van der Waals surface area contributed by atoms with Gasteiger partial charge in [-0.3, -0.25) is 13.9 Å². The van der Waals surface area contributed by atoms with E-state index in [1.54, 1.807) is 24.3 Å². The molecular formula is C34H43N3O5S. The van der Waals surface area contributed by atoms with Crippen LogP contribution >= 0.6 is 0 Å². The first kappa shape index (κ1) is 32.1. The Morgan fingerprint density at radius 1 is 0.884 bits per heavy atom. The molecule has 1 atom stereocenters. The van der Waals surface area contributed by atoms with Crippen molar-refractivity contribution in [2.75, 3.05) is 18.0 Å². The Kier molecular flexibility index (Phi) is 10.9. The molecule has 0 radical (unpaired) electrons. The molecule has 8 nitrogen and oxygen atoms in total. The van der Waals surface area contributed by atoms with E-state index in [9.17, 15) is 18.0 Å². The molecule has 1 aliphatic carbocycles. The first-order valence-electron chi connectivity index (χ1n) is 15.0. The molecule has 4 rings (SSSR count). The number of amides is 2. The lowest BCUT2D eigenvalue weighted by molar-refractivity contribution is -0.140. The molecule has 2 amide bonds. The largest absolute Gasteiger partial charge is 0.497 e. The fourth-order valence-corrected chi connectivity index (χ4v) is 6.88. The molecule has 0 saturated heterocycles.